The lowest BCUT2D eigenvalue weighted by atomic mass is 10.0. The summed E-state index contributed by atoms with van der Waals surface area (Å²) in [7, 11) is 0. The van der Waals surface area contributed by atoms with E-state index in [1.165, 1.54) is 37.1 Å². The summed E-state index contributed by atoms with van der Waals surface area (Å²) < 4.78 is 0. The van der Waals surface area contributed by atoms with Gasteiger partial charge in [0, 0.05) is 11.6 Å². The molecule has 1 aliphatic rings. The van der Waals surface area contributed by atoms with Crippen molar-refractivity contribution in [1.82, 2.24) is 9.97 Å². The third-order valence-electron chi connectivity index (χ3n) is 3.27. The first-order chi connectivity index (χ1) is 6.98. The number of nitrogens with zero attached hydrogens (tertiary/aromatic N) is 1. The minimum atomic E-state index is -0.360. The van der Waals surface area contributed by atoms with Crippen molar-refractivity contribution in [1.29, 1.82) is 0 Å². The number of aryl methyl sites for hydroxylation is 1. The van der Waals surface area contributed by atoms with E-state index in [4.69, 9.17) is 5.73 Å². The summed E-state index contributed by atoms with van der Waals surface area (Å²) in [4.78, 5) is 8.01. The van der Waals surface area contributed by atoms with Gasteiger partial charge in [0.25, 0.3) is 0 Å². The maximum Gasteiger partial charge on any atom is 0.126 e. The first kappa shape index (κ1) is 10.7. The van der Waals surface area contributed by atoms with Crippen LogP contribution in [0.25, 0.3) is 0 Å². The van der Waals surface area contributed by atoms with E-state index in [9.17, 15) is 0 Å². The molecular weight excluding hydrogens is 186 g/mol. The molecule has 0 atom stereocenters. The number of rotatable bonds is 2. The average Bonchev–Trinajstić information content (AvgIpc) is 2.69. The number of nitrogens with one attached hydrogen (secondary N) is 1. The molecule has 1 aromatic rings. The predicted molar refractivity (Wildman–Crippen MR) is 61.7 cm³/mol. The Balaban J connectivity index is 2.29. The Labute approximate surface area is 91.5 Å². The van der Waals surface area contributed by atoms with Crippen molar-refractivity contribution in [2.45, 2.75) is 57.9 Å². The van der Waals surface area contributed by atoms with Crippen LogP contribution in [0.5, 0.6) is 0 Å². The van der Waals surface area contributed by atoms with Crippen molar-refractivity contribution in [3.05, 3.63) is 17.2 Å². The van der Waals surface area contributed by atoms with Gasteiger partial charge in [0.15, 0.2) is 0 Å². The van der Waals surface area contributed by atoms with E-state index in [0.717, 1.165) is 5.82 Å². The fourth-order valence-corrected chi connectivity index (χ4v) is 2.38. The van der Waals surface area contributed by atoms with Crippen molar-refractivity contribution < 1.29 is 0 Å². The van der Waals surface area contributed by atoms with Gasteiger partial charge in [0.05, 0.1) is 11.2 Å². The molecule has 15 heavy (non-hydrogen) atoms. The van der Waals surface area contributed by atoms with E-state index in [2.05, 4.69) is 16.9 Å². The van der Waals surface area contributed by atoms with Crippen molar-refractivity contribution in [3.63, 3.8) is 0 Å². The molecule has 3 heteroatoms. The number of hydrogen-bond donors (Lipinski definition) is 2. The van der Waals surface area contributed by atoms with Gasteiger partial charge in [-0.2, -0.15) is 0 Å². The van der Waals surface area contributed by atoms with Gasteiger partial charge in [-0.3, -0.25) is 0 Å². The number of hydrogen-bond acceptors (Lipinski definition) is 2. The average molecular weight is 207 g/mol. The minimum Gasteiger partial charge on any atom is -0.344 e. The molecule has 0 spiro atoms. The summed E-state index contributed by atoms with van der Waals surface area (Å²) in [6.45, 7) is 6.09. The van der Waals surface area contributed by atoms with Gasteiger partial charge in [0.2, 0.25) is 0 Å². The summed E-state index contributed by atoms with van der Waals surface area (Å²) in [5.41, 5.74) is 8.14. The molecule has 3 nitrogen and oxygen atoms in total. The van der Waals surface area contributed by atoms with Gasteiger partial charge in [-0.25, -0.2) is 4.98 Å². The van der Waals surface area contributed by atoms with Crippen LogP contribution in [0, 0.1) is 6.92 Å². The predicted octanol–water partition coefficient (Wildman–Crippen LogP) is 2.57. The van der Waals surface area contributed by atoms with Crippen LogP contribution < -0.4 is 5.73 Å². The lowest BCUT2D eigenvalue weighted by Gasteiger charge is -2.14. The first-order valence-corrected chi connectivity index (χ1v) is 5.84. The topological polar surface area (TPSA) is 54.7 Å². The zero-order valence-electron chi connectivity index (χ0n) is 9.93. The van der Waals surface area contributed by atoms with Crippen molar-refractivity contribution in [2.24, 2.45) is 5.73 Å². The van der Waals surface area contributed by atoms with Gasteiger partial charge >= 0.3 is 0 Å². The summed E-state index contributed by atoms with van der Waals surface area (Å²) >= 11 is 0. The summed E-state index contributed by atoms with van der Waals surface area (Å²) in [5.74, 6) is 1.58. The van der Waals surface area contributed by atoms with E-state index in [-0.39, 0.29) is 5.54 Å². The van der Waals surface area contributed by atoms with E-state index < -0.39 is 0 Å². The molecule has 2 rings (SSSR count). The van der Waals surface area contributed by atoms with Gasteiger partial charge in [-0.15, -0.1) is 0 Å². The monoisotopic (exact) mass is 207 g/mol. The summed E-state index contributed by atoms with van der Waals surface area (Å²) in [6.07, 6.45) is 5.27. The maximum atomic E-state index is 6.04. The summed E-state index contributed by atoms with van der Waals surface area (Å²) in [5, 5.41) is 0. The van der Waals surface area contributed by atoms with Crippen molar-refractivity contribution >= 4 is 0 Å². The zero-order valence-corrected chi connectivity index (χ0v) is 9.93. The highest BCUT2D eigenvalue weighted by molar-refractivity contribution is 5.21. The number of aromatic amines is 1. The van der Waals surface area contributed by atoms with Gasteiger partial charge < -0.3 is 10.7 Å². The highest BCUT2D eigenvalue weighted by atomic mass is 15.0. The molecule has 0 aromatic carbocycles. The molecule has 1 aromatic heterocycles. The van der Waals surface area contributed by atoms with Crippen molar-refractivity contribution in [3.8, 4) is 0 Å². The smallest absolute Gasteiger partial charge is 0.126 e. The fraction of sp³-hybridized carbons (Fsp3) is 0.750. The van der Waals surface area contributed by atoms with Crippen LogP contribution in [-0.2, 0) is 5.54 Å². The maximum absolute atomic E-state index is 6.04. The standard InChI is InChI=1S/C12H21N3/c1-8-10(9-6-4-5-7-9)15-11(14-8)12(2,3)13/h9H,4-7,13H2,1-3H3,(H,14,15). The Hall–Kier alpha value is -0.830. The highest BCUT2D eigenvalue weighted by Gasteiger charge is 2.25. The number of nitrogens with two attached hydrogens (primary N) is 1. The second-order valence-electron chi connectivity index (χ2n) is 5.30. The minimum absolute atomic E-state index is 0.360. The second kappa shape index (κ2) is 3.63. The quantitative estimate of drug-likeness (QED) is 0.783. The SMILES string of the molecule is Cc1[nH]c(C(C)(C)N)nc1C1CCCC1. The Morgan fingerprint density at radius 2 is 1.93 bits per heavy atom. The van der Waals surface area contributed by atoms with E-state index >= 15 is 0 Å². The van der Waals surface area contributed by atoms with E-state index in [0.29, 0.717) is 5.92 Å². The highest BCUT2D eigenvalue weighted by Crippen LogP contribution is 2.35. The Kier molecular flexibility index (Phi) is 2.59. The normalized spacial score (nSPS) is 18.7. The van der Waals surface area contributed by atoms with Crippen LogP contribution in [-0.4, -0.2) is 9.97 Å². The molecule has 3 N–H and O–H groups in total. The second-order valence-corrected chi connectivity index (χ2v) is 5.30. The molecule has 0 amide bonds. The van der Waals surface area contributed by atoms with Gasteiger partial charge in [0.1, 0.15) is 5.82 Å². The van der Waals surface area contributed by atoms with Crippen LogP contribution in [0.1, 0.15) is 62.7 Å². The van der Waals surface area contributed by atoms with Crippen LogP contribution in [0.4, 0.5) is 0 Å². The van der Waals surface area contributed by atoms with Crippen LogP contribution in [0.15, 0.2) is 0 Å². The zero-order chi connectivity index (χ0) is 11.1. The Bertz CT molecular complexity index is 340. The lowest BCUT2D eigenvalue weighted by Crippen LogP contribution is -2.30. The number of imidazole rings is 1. The molecule has 1 aliphatic carbocycles. The molecule has 1 saturated carbocycles. The van der Waals surface area contributed by atoms with E-state index in [1.54, 1.807) is 0 Å². The largest absolute Gasteiger partial charge is 0.344 e. The fourth-order valence-electron chi connectivity index (χ4n) is 2.38. The van der Waals surface area contributed by atoms with Crippen molar-refractivity contribution in [2.75, 3.05) is 0 Å². The molecule has 0 radical (unpaired) electrons. The third-order valence-corrected chi connectivity index (χ3v) is 3.27. The van der Waals surface area contributed by atoms with E-state index in [1.807, 2.05) is 13.8 Å². The van der Waals surface area contributed by atoms with Gasteiger partial charge in [-0.1, -0.05) is 12.8 Å². The molecule has 84 valence electrons. The Morgan fingerprint density at radius 3 is 2.40 bits per heavy atom. The molecule has 1 heterocycles. The third kappa shape index (κ3) is 2.07. The van der Waals surface area contributed by atoms with Crippen LogP contribution >= 0.6 is 0 Å². The van der Waals surface area contributed by atoms with Crippen LogP contribution in [0.3, 0.4) is 0 Å². The molecule has 0 saturated heterocycles. The molecular formula is C12H21N3. The molecule has 1 fully saturated rings. The molecule has 0 aliphatic heterocycles. The lowest BCUT2D eigenvalue weighted by molar-refractivity contribution is 0.517. The number of aromatic nitrogens is 2. The number of H-pyrrole nitrogens is 1. The summed E-state index contributed by atoms with van der Waals surface area (Å²) in [6, 6.07) is 0. The molecule has 0 bridgehead atoms. The molecule has 0 unspecified atom stereocenters. The Morgan fingerprint density at radius 1 is 1.33 bits per heavy atom. The first-order valence-electron chi connectivity index (χ1n) is 5.84. The van der Waals surface area contributed by atoms with Crippen LogP contribution in [0.2, 0.25) is 0 Å². The van der Waals surface area contributed by atoms with Gasteiger partial charge in [-0.05, 0) is 33.6 Å².